The molecule has 30 heavy (non-hydrogen) atoms. The second kappa shape index (κ2) is 6.99. The zero-order valence-electron chi connectivity index (χ0n) is 17.3. The summed E-state index contributed by atoms with van der Waals surface area (Å²) in [7, 11) is 1.89. The van der Waals surface area contributed by atoms with Gasteiger partial charge in [-0.3, -0.25) is 9.67 Å². The van der Waals surface area contributed by atoms with Crippen LogP contribution < -0.4 is 4.74 Å². The molecule has 1 aliphatic rings. The average Bonchev–Trinajstić information content (AvgIpc) is 3.34. The molecule has 1 aliphatic carbocycles. The number of aromatic nitrogens is 5. The Bertz CT molecular complexity index is 1310. The summed E-state index contributed by atoms with van der Waals surface area (Å²) in [4.78, 5) is 4.60. The summed E-state index contributed by atoms with van der Waals surface area (Å²) in [5.41, 5.74) is 6.73. The van der Waals surface area contributed by atoms with Crippen molar-refractivity contribution in [3.05, 3.63) is 64.9 Å². The summed E-state index contributed by atoms with van der Waals surface area (Å²) in [6.45, 7) is 4.06. The topological polar surface area (TPSA) is 81.6 Å². The van der Waals surface area contributed by atoms with Crippen molar-refractivity contribution in [2.24, 2.45) is 7.05 Å². The van der Waals surface area contributed by atoms with Crippen LogP contribution in [0.25, 0.3) is 16.6 Å². The number of aryl methyl sites for hydroxylation is 2. The number of pyridine rings is 1. The van der Waals surface area contributed by atoms with Gasteiger partial charge in [0.2, 0.25) is 0 Å². The first-order valence-electron chi connectivity index (χ1n) is 10.1. The molecule has 0 fully saturated rings. The fourth-order valence-corrected chi connectivity index (χ4v) is 4.26. The van der Waals surface area contributed by atoms with Crippen LogP contribution >= 0.6 is 0 Å². The molecule has 0 radical (unpaired) electrons. The van der Waals surface area contributed by atoms with Crippen molar-refractivity contribution in [2.75, 3.05) is 0 Å². The summed E-state index contributed by atoms with van der Waals surface area (Å²) in [5, 5.41) is 19.2. The Balaban J connectivity index is 1.55. The third-order valence-corrected chi connectivity index (χ3v) is 5.89. The molecule has 0 saturated carbocycles. The first kappa shape index (κ1) is 18.4. The Hall–Kier alpha value is -3.66. The molecule has 1 aromatic carbocycles. The first-order valence-corrected chi connectivity index (χ1v) is 10.1. The van der Waals surface area contributed by atoms with Crippen LogP contribution in [0.3, 0.4) is 0 Å². The first-order chi connectivity index (χ1) is 14.5. The Morgan fingerprint density at radius 1 is 1.17 bits per heavy atom. The van der Waals surface area contributed by atoms with Crippen LogP contribution in [0, 0.1) is 25.2 Å². The number of hydrogen-bond donors (Lipinski definition) is 0. The van der Waals surface area contributed by atoms with Gasteiger partial charge in [-0.15, -0.1) is 0 Å². The number of rotatable bonds is 3. The van der Waals surface area contributed by atoms with Crippen LogP contribution in [0.1, 0.15) is 46.9 Å². The van der Waals surface area contributed by atoms with E-state index in [1.807, 2.05) is 31.0 Å². The zero-order chi connectivity index (χ0) is 20.8. The van der Waals surface area contributed by atoms with Crippen molar-refractivity contribution < 1.29 is 4.74 Å². The minimum absolute atomic E-state index is 0.119. The van der Waals surface area contributed by atoms with Gasteiger partial charge in [-0.1, -0.05) is 0 Å². The molecule has 4 aromatic rings. The third-order valence-electron chi connectivity index (χ3n) is 5.89. The SMILES string of the molecule is Cc1cc2cnn(-c3cnn(C)c3)c2cc1OC1CCCc2c1ncc(C#N)c2C. The van der Waals surface area contributed by atoms with Gasteiger partial charge in [0.1, 0.15) is 23.6 Å². The van der Waals surface area contributed by atoms with E-state index in [-0.39, 0.29) is 6.10 Å². The number of nitrogens with zero attached hydrogens (tertiary/aromatic N) is 6. The minimum Gasteiger partial charge on any atom is -0.484 e. The maximum Gasteiger partial charge on any atom is 0.141 e. The molecule has 3 aromatic heterocycles. The molecule has 1 atom stereocenters. The summed E-state index contributed by atoms with van der Waals surface area (Å²) < 4.78 is 10.1. The van der Waals surface area contributed by atoms with Gasteiger partial charge in [-0.25, -0.2) is 4.68 Å². The van der Waals surface area contributed by atoms with E-state index in [4.69, 9.17) is 4.74 Å². The molecule has 1 unspecified atom stereocenters. The summed E-state index contributed by atoms with van der Waals surface area (Å²) >= 11 is 0. The number of nitriles is 1. The van der Waals surface area contributed by atoms with Gasteiger partial charge in [-0.05, 0) is 55.9 Å². The van der Waals surface area contributed by atoms with E-state index in [0.717, 1.165) is 64.0 Å². The lowest BCUT2D eigenvalue weighted by atomic mass is 9.89. The highest BCUT2D eigenvalue weighted by molar-refractivity contribution is 5.83. The standard InChI is InChI=1S/C23H22N6O/c1-14-7-16-11-27-29(18-12-26-28(3)13-18)20(16)8-22(14)30-21-6-4-5-19-15(2)17(9-24)10-25-23(19)21/h7-8,10-13,21H,4-6H2,1-3H3. The average molecular weight is 398 g/mol. The lowest BCUT2D eigenvalue weighted by Crippen LogP contribution is -2.19. The van der Waals surface area contributed by atoms with Crippen molar-refractivity contribution in [3.8, 4) is 17.5 Å². The van der Waals surface area contributed by atoms with Gasteiger partial charge in [0, 0.05) is 24.7 Å². The molecule has 0 saturated heterocycles. The predicted octanol–water partition coefficient (Wildman–Crippen LogP) is 4.10. The molecular weight excluding hydrogens is 376 g/mol. The van der Waals surface area contributed by atoms with Gasteiger partial charge in [0.15, 0.2) is 0 Å². The largest absolute Gasteiger partial charge is 0.484 e. The maximum absolute atomic E-state index is 9.32. The van der Waals surface area contributed by atoms with Crippen LogP contribution in [0.2, 0.25) is 0 Å². The van der Waals surface area contributed by atoms with E-state index >= 15 is 0 Å². The molecule has 0 N–H and O–H groups in total. The molecule has 7 heteroatoms. The highest BCUT2D eigenvalue weighted by Crippen LogP contribution is 2.37. The Kier molecular flexibility index (Phi) is 4.28. The van der Waals surface area contributed by atoms with E-state index in [2.05, 4.69) is 40.3 Å². The van der Waals surface area contributed by atoms with Crippen LogP contribution in [0.15, 0.2) is 36.9 Å². The number of benzene rings is 1. The van der Waals surface area contributed by atoms with Gasteiger partial charge >= 0.3 is 0 Å². The smallest absolute Gasteiger partial charge is 0.141 e. The molecule has 3 heterocycles. The highest BCUT2D eigenvalue weighted by atomic mass is 16.5. The number of fused-ring (bicyclic) bond motifs is 2. The van der Waals surface area contributed by atoms with Gasteiger partial charge in [0.25, 0.3) is 0 Å². The molecule has 5 rings (SSSR count). The fourth-order valence-electron chi connectivity index (χ4n) is 4.26. The van der Waals surface area contributed by atoms with Gasteiger partial charge in [-0.2, -0.15) is 15.5 Å². The monoisotopic (exact) mass is 398 g/mol. The van der Waals surface area contributed by atoms with E-state index in [0.29, 0.717) is 5.56 Å². The quantitative estimate of drug-likeness (QED) is 0.519. The van der Waals surface area contributed by atoms with Gasteiger partial charge < -0.3 is 4.74 Å². The Morgan fingerprint density at radius 2 is 2.03 bits per heavy atom. The number of ether oxygens (including phenoxy) is 1. The molecule has 0 spiro atoms. The molecule has 7 nitrogen and oxygen atoms in total. The molecule has 150 valence electrons. The van der Waals surface area contributed by atoms with Crippen molar-refractivity contribution in [2.45, 2.75) is 39.2 Å². The van der Waals surface area contributed by atoms with Gasteiger partial charge in [0.05, 0.1) is 35.4 Å². The second-order valence-corrected chi connectivity index (χ2v) is 7.88. The van der Waals surface area contributed by atoms with E-state index in [1.165, 1.54) is 0 Å². The Labute approximate surface area is 174 Å². The third kappa shape index (κ3) is 2.92. The molecule has 0 aliphatic heterocycles. The summed E-state index contributed by atoms with van der Waals surface area (Å²) in [6.07, 6.45) is 10.0. The lowest BCUT2D eigenvalue weighted by molar-refractivity contribution is 0.177. The van der Waals surface area contributed by atoms with Crippen LogP contribution in [0.4, 0.5) is 0 Å². The van der Waals surface area contributed by atoms with E-state index < -0.39 is 0 Å². The minimum atomic E-state index is -0.119. The van der Waals surface area contributed by atoms with Crippen LogP contribution in [0.5, 0.6) is 5.75 Å². The summed E-state index contributed by atoms with van der Waals surface area (Å²) in [6, 6.07) is 6.39. The molecule has 0 amide bonds. The molecule has 0 bridgehead atoms. The van der Waals surface area contributed by atoms with Crippen molar-refractivity contribution in [3.63, 3.8) is 0 Å². The van der Waals surface area contributed by atoms with Crippen molar-refractivity contribution in [1.29, 1.82) is 5.26 Å². The molecular formula is C23H22N6O. The van der Waals surface area contributed by atoms with Crippen molar-refractivity contribution >= 4 is 10.9 Å². The normalized spacial score (nSPS) is 15.7. The highest BCUT2D eigenvalue weighted by Gasteiger charge is 2.26. The fraction of sp³-hybridized carbons (Fsp3) is 0.304. The number of hydrogen-bond acceptors (Lipinski definition) is 5. The van der Waals surface area contributed by atoms with Crippen LogP contribution in [-0.4, -0.2) is 24.5 Å². The summed E-state index contributed by atoms with van der Waals surface area (Å²) in [5.74, 6) is 0.829. The second-order valence-electron chi connectivity index (χ2n) is 7.88. The maximum atomic E-state index is 9.32. The zero-order valence-corrected chi connectivity index (χ0v) is 17.3. The van der Waals surface area contributed by atoms with E-state index in [1.54, 1.807) is 17.1 Å². The predicted molar refractivity (Wildman–Crippen MR) is 113 cm³/mol. The lowest BCUT2D eigenvalue weighted by Gasteiger charge is -2.27. The van der Waals surface area contributed by atoms with E-state index in [9.17, 15) is 5.26 Å². The van der Waals surface area contributed by atoms with Crippen LogP contribution in [-0.2, 0) is 13.5 Å². The Morgan fingerprint density at radius 3 is 2.80 bits per heavy atom. The van der Waals surface area contributed by atoms with Crippen molar-refractivity contribution in [1.82, 2.24) is 24.5 Å².